The average Bonchev–Trinajstić information content (AvgIpc) is 3.52. The molecule has 0 saturated carbocycles. The molecule has 0 unspecified atom stereocenters. The fourth-order valence-corrected chi connectivity index (χ4v) is 127. The van der Waals surface area contributed by atoms with Gasteiger partial charge in [-0.3, -0.25) is 0 Å². The summed E-state index contributed by atoms with van der Waals surface area (Å²) in [4.78, 5) is 0. The second-order valence-corrected chi connectivity index (χ2v) is 88.4. The predicted octanol–water partition coefficient (Wildman–Crippen LogP) is 18.2. The Bertz CT molecular complexity index is 1560. The Morgan fingerprint density at radius 1 is 0.356 bits per heavy atom. The maximum atomic E-state index is 3.03. The van der Waals surface area contributed by atoms with Crippen molar-refractivity contribution in [2.75, 3.05) is 0 Å². The van der Waals surface area contributed by atoms with Crippen LogP contribution in [-0.2, 0) is 0 Å². The van der Waals surface area contributed by atoms with Gasteiger partial charge in [-0.2, -0.15) is 0 Å². The molecule has 1 aliphatic heterocycles. The minimum atomic E-state index is -3.77. The molecule has 2 aromatic carbocycles. The van der Waals surface area contributed by atoms with Gasteiger partial charge in [0.15, 0.2) is 0 Å². The summed E-state index contributed by atoms with van der Waals surface area (Å²) in [5.74, 6) is 1.87. The van der Waals surface area contributed by atoms with E-state index in [2.05, 4.69) is 219 Å². The second-order valence-electron chi connectivity index (χ2n) is 25.1. The second kappa shape index (κ2) is 20.8. The monoisotopic (exact) mass is 1090 g/mol. The molecule has 59 heavy (non-hydrogen) atoms. The third kappa shape index (κ3) is 12.5. The van der Waals surface area contributed by atoms with Crippen LogP contribution in [0.5, 0.6) is 0 Å². The van der Waals surface area contributed by atoms with Crippen molar-refractivity contribution >= 4 is 107 Å². The van der Waals surface area contributed by atoms with Crippen molar-refractivity contribution < 1.29 is 0 Å². The van der Waals surface area contributed by atoms with Crippen LogP contribution in [0.1, 0.15) is 147 Å². The van der Waals surface area contributed by atoms with Gasteiger partial charge in [0.05, 0.1) is 0 Å². The molecule has 0 spiro atoms. The van der Waals surface area contributed by atoms with Crippen LogP contribution in [0.25, 0.3) is 0 Å². The first-order chi connectivity index (χ1) is 26.8. The summed E-state index contributed by atoms with van der Waals surface area (Å²) in [7, 11) is -0.587. The first kappa shape index (κ1) is 55.3. The maximum absolute atomic E-state index is 3.77. The van der Waals surface area contributed by atoms with Crippen molar-refractivity contribution in [1.82, 2.24) is 0 Å². The third-order valence-corrected chi connectivity index (χ3v) is 90.9. The van der Waals surface area contributed by atoms with Crippen molar-refractivity contribution in [3.8, 4) is 0 Å². The van der Waals surface area contributed by atoms with Crippen LogP contribution in [0, 0.1) is 0 Å². The topological polar surface area (TPSA) is 0 Å². The van der Waals surface area contributed by atoms with Gasteiger partial charge in [0.25, 0.3) is 0 Å². The Morgan fingerprint density at radius 2 is 0.610 bits per heavy atom. The van der Waals surface area contributed by atoms with Crippen LogP contribution in [0.2, 0.25) is 118 Å². The summed E-state index contributed by atoms with van der Waals surface area (Å²) < 4.78 is 3.99. The summed E-state index contributed by atoms with van der Waals surface area (Å²) in [6, 6.07) is 11.8. The average molecular weight is 1090 g/mol. The molecule has 338 valence electrons. The number of hydrogen-bond acceptors (Lipinski definition) is 4. The molecule has 11 heteroatoms. The van der Waals surface area contributed by atoms with E-state index in [0.29, 0.717) is 17.8 Å². The van der Waals surface area contributed by atoms with E-state index >= 15 is 0 Å². The SMILES string of the molecule is CCC(CC)c1cc(C(CC)CC)[c]([Sn]2([c]3c(C([Si](C)(C)C)[Si](C)(C)C)cc(C([Si](C)(C)C)[Si](C)(C)C)cc3C([Si](C)(C)C)[Si](C)(C)C)[S]SS[S]2)c(C(CC)CC)c1. The summed E-state index contributed by atoms with van der Waals surface area (Å²) in [5, 5.41) is 2.19. The zero-order chi connectivity index (χ0) is 45.5. The molecule has 0 aliphatic carbocycles. The van der Waals surface area contributed by atoms with E-state index < -0.39 is 64.1 Å². The Kier molecular flexibility index (Phi) is 19.5. The van der Waals surface area contributed by atoms with E-state index in [4.69, 9.17) is 0 Å². The minimum absolute atomic E-state index is 0.613. The van der Waals surface area contributed by atoms with E-state index in [1.165, 1.54) is 38.5 Å². The third-order valence-electron chi connectivity index (χ3n) is 13.9. The first-order valence-electron chi connectivity index (χ1n) is 23.9. The molecule has 1 fully saturated rings. The van der Waals surface area contributed by atoms with Crippen molar-refractivity contribution in [1.29, 1.82) is 0 Å². The molecule has 1 heterocycles. The quantitative estimate of drug-likeness (QED) is 0.0957. The molecular weight excluding hydrogens is 992 g/mol. The molecule has 2 aromatic rings. The van der Waals surface area contributed by atoms with Crippen molar-refractivity contribution in [2.24, 2.45) is 0 Å². The number of hydrogen-bond donors (Lipinski definition) is 0. The zero-order valence-corrected chi connectivity index (χ0v) is 55.3. The van der Waals surface area contributed by atoms with Crippen molar-refractivity contribution in [3.63, 3.8) is 0 Å². The molecule has 1 saturated heterocycles. The Balaban J connectivity index is 3.03. The number of rotatable bonds is 20. The van der Waals surface area contributed by atoms with Gasteiger partial charge in [-0.05, 0) is 0 Å². The van der Waals surface area contributed by atoms with Crippen LogP contribution >= 0.6 is 35.6 Å². The molecule has 0 bridgehead atoms. The molecular formula is C48H94S4Si6Sn. The van der Waals surface area contributed by atoms with Gasteiger partial charge in [-0.1, -0.05) is 0 Å². The van der Waals surface area contributed by atoms with Gasteiger partial charge in [0.1, 0.15) is 0 Å². The Morgan fingerprint density at radius 3 is 0.864 bits per heavy atom. The van der Waals surface area contributed by atoms with Crippen LogP contribution in [-0.4, -0.2) is 64.1 Å². The fourth-order valence-electron chi connectivity index (χ4n) is 13.1. The summed E-state index contributed by atoms with van der Waals surface area (Å²) in [6.45, 7) is 64.5. The molecule has 0 aromatic heterocycles. The van der Waals surface area contributed by atoms with Crippen molar-refractivity contribution in [3.05, 3.63) is 57.6 Å². The molecule has 0 N–H and O–H groups in total. The van der Waals surface area contributed by atoms with Gasteiger partial charge in [-0.15, -0.1) is 0 Å². The fraction of sp³-hybridized carbons (Fsp3) is 0.750. The van der Waals surface area contributed by atoms with Gasteiger partial charge in [0, 0.05) is 0 Å². The first-order valence-corrected chi connectivity index (χ1v) is 60.0. The predicted molar refractivity (Wildman–Crippen MR) is 307 cm³/mol. The van der Waals surface area contributed by atoms with Crippen LogP contribution in [0.3, 0.4) is 0 Å². The van der Waals surface area contributed by atoms with E-state index in [1.807, 2.05) is 18.3 Å². The molecule has 0 radical (unpaired) electrons. The van der Waals surface area contributed by atoms with Crippen LogP contribution < -0.4 is 7.16 Å². The summed E-state index contributed by atoms with van der Waals surface area (Å²) >= 11 is -3.77. The number of benzene rings is 2. The van der Waals surface area contributed by atoms with Gasteiger partial charge < -0.3 is 0 Å². The normalized spacial score (nSPS) is 16.3. The Hall–Kier alpha value is 1.94. The van der Waals surface area contributed by atoms with Crippen LogP contribution in [0.15, 0.2) is 24.3 Å². The van der Waals surface area contributed by atoms with E-state index in [-0.39, 0.29) is 0 Å². The summed E-state index contributed by atoms with van der Waals surface area (Å²) in [5.41, 5.74) is 10.9. The van der Waals surface area contributed by atoms with Gasteiger partial charge in [-0.25, -0.2) is 0 Å². The zero-order valence-electron chi connectivity index (χ0n) is 43.1. The molecule has 0 atom stereocenters. The molecule has 0 nitrogen and oxygen atoms in total. The molecule has 3 rings (SSSR count). The Labute approximate surface area is 391 Å². The molecule has 0 amide bonds. The summed E-state index contributed by atoms with van der Waals surface area (Å²) in [6.07, 6.45) is 7.42. The molecule has 1 aliphatic rings. The van der Waals surface area contributed by atoms with E-state index in [0.717, 1.165) is 15.5 Å². The standard InChI is InChI=1S/C27H59Si6.C21H35.H2S4.Sn/c1-28(2,3)25(29(4,5)6)22-19-23(26(30(7,8)9)31(10,11)12)21-24(20-22)27(32(13,14)15)33(16,17)18;1-7-16(8-2)19-13-20(17(9-3)10-4)15-21(14-19)18(11-5)12-6;1-3-4-2;/h19-20,25-27H,1-18H3;13-14,16-18H,7-12H2,1-6H3;1-2H;/q;;;+2/p-2. The van der Waals surface area contributed by atoms with Crippen molar-refractivity contribution in [2.45, 2.75) is 231 Å². The van der Waals surface area contributed by atoms with E-state index in [9.17, 15) is 0 Å². The van der Waals surface area contributed by atoms with Crippen LogP contribution in [0.4, 0.5) is 0 Å². The van der Waals surface area contributed by atoms with E-state index in [1.54, 1.807) is 22.3 Å². The van der Waals surface area contributed by atoms with Gasteiger partial charge >= 0.3 is 396 Å². The van der Waals surface area contributed by atoms with Gasteiger partial charge in [0.2, 0.25) is 0 Å².